The Labute approximate surface area is 119 Å². The molecule has 5 heteroatoms. The van der Waals surface area contributed by atoms with Crippen LogP contribution >= 0.6 is 0 Å². The van der Waals surface area contributed by atoms with Crippen LogP contribution in [0.1, 0.15) is 31.5 Å². The normalized spacial score (nSPS) is 16.2. The Balaban J connectivity index is 1.84. The second-order valence-corrected chi connectivity index (χ2v) is 5.01. The maximum atomic E-state index is 5.48. The van der Waals surface area contributed by atoms with Crippen molar-refractivity contribution in [3.8, 4) is 11.4 Å². The lowest BCUT2D eigenvalue weighted by Crippen LogP contribution is -2.28. The summed E-state index contributed by atoms with van der Waals surface area (Å²) >= 11 is 0. The highest BCUT2D eigenvalue weighted by atomic mass is 16.5. The number of aromatic nitrogens is 3. The summed E-state index contributed by atoms with van der Waals surface area (Å²) in [7, 11) is 0. The fraction of sp³-hybridized carbons (Fsp3) is 0.467. The minimum atomic E-state index is 0.491. The van der Waals surface area contributed by atoms with Gasteiger partial charge in [-0.05, 0) is 57.1 Å². The molecule has 2 aromatic rings. The van der Waals surface area contributed by atoms with Crippen molar-refractivity contribution in [3.63, 3.8) is 0 Å². The number of nitrogens with one attached hydrogen (secondary N) is 1. The highest BCUT2D eigenvalue weighted by Gasteiger charge is 2.21. The van der Waals surface area contributed by atoms with Gasteiger partial charge in [0.2, 0.25) is 0 Å². The van der Waals surface area contributed by atoms with Gasteiger partial charge in [0.1, 0.15) is 17.9 Å². The second kappa shape index (κ2) is 6.05. The Bertz CT molecular complexity index is 543. The van der Waals surface area contributed by atoms with Gasteiger partial charge in [-0.3, -0.25) is 4.57 Å². The summed E-state index contributed by atoms with van der Waals surface area (Å²) in [6.07, 6.45) is 4.04. The molecule has 1 aliphatic heterocycles. The zero-order valence-electron chi connectivity index (χ0n) is 11.7. The van der Waals surface area contributed by atoms with Crippen LogP contribution in [-0.4, -0.2) is 34.5 Å². The lowest BCUT2D eigenvalue weighted by molar-refractivity contribution is 0.340. The molecule has 1 aliphatic rings. The summed E-state index contributed by atoms with van der Waals surface area (Å²) in [4.78, 5) is 0. The van der Waals surface area contributed by atoms with Crippen molar-refractivity contribution in [3.05, 3.63) is 36.4 Å². The molecule has 5 nitrogen and oxygen atoms in total. The summed E-state index contributed by atoms with van der Waals surface area (Å²) in [5, 5.41) is 11.8. The largest absolute Gasteiger partial charge is 0.494 e. The Hall–Kier alpha value is -1.88. The monoisotopic (exact) mass is 272 g/mol. The molecule has 0 unspecified atom stereocenters. The number of hydrogen-bond donors (Lipinski definition) is 1. The van der Waals surface area contributed by atoms with E-state index in [4.69, 9.17) is 4.74 Å². The smallest absolute Gasteiger partial charge is 0.140 e. The Morgan fingerprint density at radius 1 is 1.25 bits per heavy atom. The summed E-state index contributed by atoms with van der Waals surface area (Å²) in [5.74, 6) is 2.45. The molecule has 0 bridgehead atoms. The molecule has 1 saturated heterocycles. The van der Waals surface area contributed by atoms with Gasteiger partial charge in [0.25, 0.3) is 0 Å². The molecular weight excluding hydrogens is 252 g/mol. The van der Waals surface area contributed by atoms with Crippen LogP contribution in [-0.2, 0) is 0 Å². The molecule has 3 rings (SSSR count). The fourth-order valence-corrected chi connectivity index (χ4v) is 2.67. The molecule has 1 aromatic carbocycles. The van der Waals surface area contributed by atoms with Crippen molar-refractivity contribution in [2.75, 3.05) is 19.7 Å². The molecule has 106 valence electrons. The molecular formula is C15H20N4O. The van der Waals surface area contributed by atoms with Crippen molar-refractivity contribution < 1.29 is 4.74 Å². The molecule has 20 heavy (non-hydrogen) atoms. The average Bonchev–Trinajstić information content (AvgIpc) is 2.99. The molecule has 0 atom stereocenters. The van der Waals surface area contributed by atoms with Crippen molar-refractivity contribution in [1.82, 2.24) is 20.1 Å². The van der Waals surface area contributed by atoms with Gasteiger partial charge in [0.05, 0.1) is 6.61 Å². The predicted octanol–water partition coefficient (Wildman–Crippen LogP) is 2.13. The van der Waals surface area contributed by atoms with Crippen LogP contribution < -0.4 is 10.1 Å². The van der Waals surface area contributed by atoms with Crippen LogP contribution in [0, 0.1) is 0 Å². The van der Waals surface area contributed by atoms with Gasteiger partial charge in [-0.25, -0.2) is 0 Å². The molecule has 1 N–H and O–H groups in total. The van der Waals surface area contributed by atoms with Crippen LogP contribution in [0.4, 0.5) is 0 Å². The fourth-order valence-electron chi connectivity index (χ4n) is 2.67. The maximum absolute atomic E-state index is 5.48. The Kier molecular flexibility index (Phi) is 3.97. The quantitative estimate of drug-likeness (QED) is 0.926. The first kappa shape index (κ1) is 13.1. The van der Waals surface area contributed by atoms with Gasteiger partial charge in [-0.15, -0.1) is 10.2 Å². The molecule has 0 radical (unpaired) electrons. The molecule has 2 heterocycles. The number of piperidine rings is 1. The minimum Gasteiger partial charge on any atom is -0.494 e. The van der Waals surface area contributed by atoms with Crippen molar-refractivity contribution >= 4 is 0 Å². The highest BCUT2D eigenvalue weighted by molar-refractivity contribution is 5.38. The maximum Gasteiger partial charge on any atom is 0.140 e. The first-order chi connectivity index (χ1) is 9.88. The van der Waals surface area contributed by atoms with Gasteiger partial charge >= 0.3 is 0 Å². The van der Waals surface area contributed by atoms with E-state index >= 15 is 0 Å². The first-order valence-electron chi connectivity index (χ1n) is 7.22. The highest BCUT2D eigenvalue weighted by Crippen LogP contribution is 2.26. The topological polar surface area (TPSA) is 52.0 Å². The summed E-state index contributed by atoms with van der Waals surface area (Å²) < 4.78 is 7.56. The van der Waals surface area contributed by atoms with Crippen molar-refractivity contribution in [2.45, 2.75) is 25.7 Å². The summed E-state index contributed by atoms with van der Waals surface area (Å²) in [5.41, 5.74) is 1.09. The molecule has 0 aliphatic carbocycles. The van der Waals surface area contributed by atoms with Crippen LogP contribution in [0.25, 0.3) is 5.69 Å². The van der Waals surface area contributed by atoms with Crippen LogP contribution in [0.2, 0.25) is 0 Å². The molecule has 1 fully saturated rings. The van der Waals surface area contributed by atoms with Gasteiger partial charge in [0.15, 0.2) is 0 Å². The number of nitrogens with zero attached hydrogens (tertiary/aromatic N) is 3. The van der Waals surface area contributed by atoms with E-state index in [2.05, 4.69) is 32.2 Å². The number of rotatable bonds is 4. The van der Waals surface area contributed by atoms with Crippen LogP contribution in [0.5, 0.6) is 5.75 Å². The third-order valence-corrected chi connectivity index (χ3v) is 3.70. The third-order valence-electron chi connectivity index (χ3n) is 3.70. The average molecular weight is 272 g/mol. The van der Waals surface area contributed by atoms with Crippen LogP contribution in [0.15, 0.2) is 30.6 Å². The zero-order chi connectivity index (χ0) is 13.8. The zero-order valence-corrected chi connectivity index (χ0v) is 11.7. The minimum absolute atomic E-state index is 0.491. The lowest BCUT2D eigenvalue weighted by atomic mass is 9.97. The third kappa shape index (κ3) is 2.67. The van der Waals surface area contributed by atoms with E-state index in [0.717, 1.165) is 43.2 Å². The van der Waals surface area contributed by atoms with Gasteiger partial charge in [0, 0.05) is 11.6 Å². The molecule has 0 amide bonds. The molecule has 0 spiro atoms. The number of hydrogen-bond acceptors (Lipinski definition) is 4. The van der Waals surface area contributed by atoms with Gasteiger partial charge < -0.3 is 10.1 Å². The van der Waals surface area contributed by atoms with Gasteiger partial charge in [-0.2, -0.15) is 0 Å². The molecule has 1 aromatic heterocycles. The van der Waals surface area contributed by atoms with Crippen LogP contribution in [0.3, 0.4) is 0 Å². The van der Waals surface area contributed by atoms with E-state index in [1.165, 1.54) is 0 Å². The van der Waals surface area contributed by atoms with Crippen molar-refractivity contribution in [1.29, 1.82) is 0 Å². The van der Waals surface area contributed by atoms with Crippen molar-refractivity contribution in [2.24, 2.45) is 0 Å². The number of benzene rings is 1. The van der Waals surface area contributed by atoms with E-state index in [-0.39, 0.29) is 0 Å². The SMILES string of the molecule is CCOc1ccc(-n2cnnc2C2CCNCC2)cc1. The molecule has 0 saturated carbocycles. The summed E-state index contributed by atoms with van der Waals surface area (Å²) in [6, 6.07) is 8.09. The second-order valence-electron chi connectivity index (χ2n) is 5.01. The number of ether oxygens (including phenoxy) is 1. The van der Waals surface area contributed by atoms with E-state index in [0.29, 0.717) is 12.5 Å². The van der Waals surface area contributed by atoms with E-state index < -0.39 is 0 Å². The van der Waals surface area contributed by atoms with E-state index in [9.17, 15) is 0 Å². The van der Waals surface area contributed by atoms with E-state index in [1.807, 2.05) is 19.1 Å². The Morgan fingerprint density at radius 2 is 2.00 bits per heavy atom. The van der Waals surface area contributed by atoms with E-state index in [1.54, 1.807) is 6.33 Å². The van der Waals surface area contributed by atoms with Gasteiger partial charge in [-0.1, -0.05) is 0 Å². The summed E-state index contributed by atoms with van der Waals surface area (Å²) in [6.45, 7) is 4.79. The lowest BCUT2D eigenvalue weighted by Gasteiger charge is -2.22. The Morgan fingerprint density at radius 3 is 2.70 bits per heavy atom. The standard InChI is InChI=1S/C15H20N4O/c1-2-20-14-5-3-13(4-6-14)19-11-17-18-15(19)12-7-9-16-10-8-12/h3-6,11-12,16H,2,7-10H2,1H3. The first-order valence-corrected chi connectivity index (χ1v) is 7.22. The predicted molar refractivity (Wildman–Crippen MR) is 77.4 cm³/mol.